The molecule has 42 heavy (non-hydrogen) atoms. The van der Waals surface area contributed by atoms with Gasteiger partial charge in [0.05, 0.1) is 12.2 Å². The number of nitrogens with zero attached hydrogens (tertiary/aromatic N) is 2. The lowest BCUT2D eigenvalue weighted by Gasteiger charge is -2.26. The summed E-state index contributed by atoms with van der Waals surface area (Å²) in [5.74, 6) is -2.29. The second-order valence-electron chi connectivity index (χ2n) is 9.58. The summed E-state index contributed by atoms with van der Waals surface area (Å²) in [6.07, 6.45) is 7.47. The Bertz CT molecular complexity index is 1440. The lowest BCUT2D eigenvalue weighted by molar-refractivity contribution is -0.428. The number of carbonyl (C=O) groups is 5. The largest absolute Gasteiger partial charge is 0.501 e. The van der Waals surface area contributed by atoms with Crippen LogP contribution in [0.2, 0.25) is 0 Å². The molecular formula is C31H33N4O7+. The van der Waals surface area contributed by atoms with Crippen molar-refractivity contribution < 1.29 is 38.0 Å². The minimum atomic E-state index is -0.721. The van der Waals surface area contributed by atoms with Gasteiger partial charge in [-0.1, -0.05) is 30.4 Å². The van der Waals surface area contributed by atoms with Gasteiger partial charge in [-0.25, -0.2) is 9.59 Å². The number of benzene rings is 2. The first kappa shape index (κ1) is 30.1. The highest BCUT2D eigenvalue weighted by molar-refractivity contribution is 6.17. The molecular weight excluding hydrogens is 540 g/mol. The molecule has 11 heteroatoms. The third-order valence-corrected chi connectivity index (χ3v) is 6.65. The lowest BCUT2D eigenvalue weighted by Crippen LogP contribution is -2.55. The Morgan fingerprint density at radius 3 is 2.38 bits per heavy atom. The molecule has 11 nitrogen and oxygen atoms in total. The van der Waals surface area contributed by atoms with E-state index in [4.69, 9.17) is 9.47 Å². The van der Waals surface area contributed by atoms with Crippen LogP contribution in [0.5, 0.6) is 0 Å². The van der Waals surface area contributed by atoms with E-state index in [1.54, 1.807) is 74.7 Å². The summed E-state index contributed by atoms with van der Waals surface area (Å²) >= 11 is 0. The number of methoxy groups -OCH3 is 1. The first-order chi connectivity index (χ1) is 20.3. The Morgan fingerprint density at radius 2 is 1.69 bits per heavy atom. The number of nitrogens with one attached hydrogen (secondary N) is 2. The average Bonchev–Trinajstić information content (AvgIpc) is 3.00. The molecule has 2 aromatic rings. The van der Waals surface area contributed by atoms with Crippen molar-refractivity contribution >= 4 is 41.1 Å². The van der Waals surface area contributed by atoms with Crippen molar-refractivity contribution in [3.63, 3.8) is 0 Å². The van der Waals surface area contributed by atoms with Crippen molar-refractivity contribution in [1.29, 1.82) is 0 Å². The zero-order valence-corrected chi connectivity index (χ0v) is 23.5. The molecule has 0 fully saturated rings. The molecule has 1 atom stereocenters. The Balaban J connectivity index is 1.45. The van der Waals surface area contributed by atoms with Crippen LogP contribution in [0.15, 0.2) is 72.8 Å². The Hall–Kier alpha value is -4.90. The van der Waals surface area contributed by atoms with E-state index in [9.17, 15) is 24.0 Å². The number of hydrogen-bond acceptors (Lipinski definition) is 7. The van der Waals surface area contributed by atoms with E-state index in [0.717, 1.165) is 4.90 Å². The van der Waals surface area contributed by atoms with E-state index in [2.05, 4.69) is 10.6 Å². The van der Waals surface area contributed by atoms with Gasteiger partial charge in [-0.15, -0.1) is 0 Å². The standard InChI is InChI=1S/C31H32N4O7/c1-3-42-30(39)23-13-15-24(16-14-23)33-27(36)20-34-26-8-5-4-7-25(26)29(38)35(31(34)40)19-21-9-11-22(12-10-21)28(37)32-17-6-18-41-2/h4-5,7-16,25H,3,6,17-20H2,1-2H3,(H-,32,33,36,37,39)/p+1. The van der Waals surface area contributed by atoms with E-state index in [-0.39, 0.29) is 25.6 Å². The molecule has 0 radical (unpaired) electrons. The van der Waals surface area contributed by atoms with Crippen LogP contribution in [0.3, 0.4) is 0 Å². The molecule has 0 aromatic heterocycles. The number of urea groups is 1. The topological polar surface area (TPSA) is 134 Å². The predicted octanol–water partition coefficient (Wildman–Crippen LogP) is 2.93. The second-order valence-corrected chi connectivity index (χ2v) is 9.58. The molecule has 0 saturated heterocycles. The lowest BCUT2D eigenvalue weighted by atomic mass is 9.94. The first-order valence-electron chi connectivity index (χ1n) is 13.6. The number of carbonyl (C=O) groups excluding carboxylic acids is 5. The van der Waals surface area contributed by atoms with Gasteiger partial charge in [0.1, 0.15) is 18.2 Å². The van der Waals surface area contributed by atoms with Crippen molar-refractivity contribution in [2.45, 2.75) is 19.9 Å². The van der Waals surface area contributed by atoms with Gasteiger partial charge in [-0.05, 0) is 61.4 Å². The predicted molar refractivity (Wildman–Crippen MR) is 154 cm³/mol. The molecule has 1 heterocycles. The summed E-state index contributed by atoms with van der Waals surface area (Å²) in [7, 11) is 1.60. The van der Waals surface area contributed by atoms with Gasteiger partial charge >= 0.3 is 17.9 Å². The quantitative estimate of drug-likeness (QED) is 0.227. The van der Waals surface area contributed by atoms with Crippen LogP contribution in [0.4, 0.5) is 10.5 Å². The Labute approximate surface area is 243 Å². The van der Waals surface area contributed by atoms with Gasteiger partial charge in [0, 0.05) is 31.5 Å². The fourth-order valence-corrected chi connectivity index (χ4v) is 4.53. The van der Waals surface area contributed by atoms with Crippen LogP contribution >= 0.6 is 0 Å². The van der Waals surface area contributed by atoms with Gasteiger partial charge in [0.25, 0.3) is 11.8 Å². The molecule has 2 N–H and O–H groups in total. The number of amides is 5. The maximum absolute atomic E-state index is 13.6. The fourth-order valence-electron chi connectivity index (χ4n) is 4.53. The van der Waals surface area contributed by atoms with Gasteiger partial charge in [-0.3, -0.25) is 9.59 Å². The number of esters is 1. The van der Waals surface area contributed by atoms with Crippen LogP contribution in [0, 0.1) is 5.92 Å². The third-order valence-electron chi connectivity index (χ3n) is 6.65. The van der Waals surface area contributed by atoms with Crippen molar-refractivity contribution in [3.8, 4) is 0 Å². The number of rotatable bonds is 12. The third kappa shape index (κ3) is 7.24. The maximum atomic E-state index is 13.6. The molecule has 1 aliphatic heterocycles. The smallest absolute Gasteiger partial charge is 0.462 e. The molecule has 2 aromatic carbocycles. The summed E-state index contributed by atoms with van der Waals surface area (Å²) in [5, 5.41) is 5.54. The summed E-state index contributed by atoms with van der Waals surface area (Å²) in [6.45, 7) is 2.65. The van der Waals surface area contributed by atoms with E-state index < -0.39 is 29.7 Å². The number of fused-ring (bicyclic) bond motifs is 1. The minimum absolute atomic E-state index is 0.0256. The van der Waals surface area contributed by atoms with E-state index in [1.165, 1.54) is 16.7 Å². The molecule has 1 aliphatic carbocycles. The number of hydrogen-bond donors (Lipinski definition) is 2. The molecule has 0 bridgehead atoms. The summed E-state index contributed by atoms with van der Waals surface area (Å²) in [6, 6.07) is 12.2. The Kier molecular flexibility index (Phi) is 10.1. The molecule has 4 rings (SSSR count). The number of allylic oxidation sites excluding steroid dienone is 3. The molecule has 5 amide bonds. The van der Waals surface area contributed by atoms with E-state index >= 15 is 0 Å². The van der Waals surface area contributed by atoms with Crippen LogP contribution in [-0.2, 0) is 25.6 Å². The van der Waals surface area contributed by atoms with Gasteiger partial charge in [-0.2, -0.15) is 14.3 Å². The molecule has 0 spiro atoms. The van der Waals surface area contributed by atoms with Gasteiger partial charge in [0.2, 0.25) is 0 Å². The summed E-state index contributed by atoms with van der Waals surface area (Å²) in [4.78, 5) is 65.2. The highest BCUT2D eigenvalue weighted by Crippen LogP contribution is 2.22. The minimum Gasteiger partial charge on any atom is -0.462 e. The average molecular weight is 574 g/mol. The van der Waals surface area contributed by atoms with Crippen molar-refractivity contribution in [3.05, 3.63) is 89.5 Å². The zero-order valence-electron chi connectivity index (χ0n) is 23.5. The van der Waals surface area contributed by atoms with Crippen LogP contribution in [0.1, 0.15) is 39.6 Å². The van der Waals surface area contributed by atoms with E-state index in [0.29, 0.717) is 47.7 Å². The van der Waals surface area contributed by atoms with Crippen LogP contribution < -0.4 is 10.6 Å². The maximum Gasteiger partial charge on any atom is 0.501 e. The molecule has 2 aliphatic rings. The number of ether oxygens (including phenoxy) is 2. The monoisotopic (exact) mass is 573 g/mol. The highest BCUT2D eigenvalue weighted by Gasteiger charge is 2.47. The van der Waals surface area contributed by atoms with Gasteiger partial charge in [0.15, 0.2) is 6.54 Å². The van der Waals surface area contributed by atoms with Crippen molar-refractivity contribution in [1.82, 2.24) is 10.2 Å². The first-order valence-corrected chi connectivity index (χ1v) is 13.6. The SMILES string of the molecule is CCOC(=O)c1ccc(NC(=O)C[N+]2=C3C=CC=CC3C(=O)N(Cc3ccc(C(=O)NCCCOC)cc3)C2=O)cc1. The zero-order chi connectivity index (χ0) is 30.1. The summed E-state index contributed by atoms with van der Waals surface area (Å²) < 4.78 is 11.2. The number of anilines is 1. The second kappa shape index (κ2) is 14.1. The fraction of sp³-hybridized carbons (Fsp3) is 0.290. The van der Waals surface area contributed by atoms with Gasteiger partial charge < -0.3 is 20.1 Å². The normalized spacial score (nSPS) is 15.9. The summed E-state index contributed by atoms with van der Waals surface area (Å²) in [5.41, 5.74) is 2.31. The van der Waals surface area contributed by atoms with Crippen molar-refractivity contribution in [2.75, 3.05) is 38.7 Å². The molecule has 0 saturated carbocycles. The van der Waals surface area contributed by atoms with E-state index in [1.807, 2.05) is 0 Å². The number of imide groups is 1. The van der Waals surface area contributed by atoms with Crippen molar-refractivity contribution in [2.24, 2.45) is 5.92 Å². The molecule has 218 valence electrons. The highest BCUT2D eigenvalue weighted by atomic mass is 16.5. The van der Waals surface area contributed by atoms with Crippen LogP contribution in [-0.4, -0.2) is 78.3 Å². The molecule has 1 unspecified atom stereocenters. The van der Waals surface area contributed by atoms with Crippen LogP contribution in [0.25, 0.3) is 0 Å². The Morgan fingerprint density at radius 1 is 0.976 bits per heavy atom.